The summed E-state index contributed by atoms with van der Waals surface area (Å²) in [5.74, 6) is -0.293. The Morgan fingerprint density at radius 1 is 1.32 bits per heavy atom. The molecule has 0 aliphatic heterocycles. The second-order valence-corrected chi connectivity index (χ2v) is 4.78. The Labute approximate surface area is 121 Å². The van der Waals surface area contributed by atoms with Gasteiger partial charge in [0.15, 0.2) is 0 Å². The number of nitro benzene ring substituents is 1. The maximum atomic E-state index is 13.1. The monoisotopic (exact) mass is 345 g/mol. The summed E-state index contributed by atoms with van der Waals surface area (Å²) in [6, 6.07) is 8.10. The summed E-state index contributed by atoms with van der Waals surface area (Å²) in [4.78, 5) is 10.3. The molecular formula is C12H6BrClFNO3. The van der Waals surface area contributed by atoms with Gasteiger partial charge in [-0.2, -0.15) is 0 Å². The number of hydrogen-bond donors (Lipinski definition) is 0. The van der Waals surface area contributed by atoms with E-state index >= 15 is 0 Å². The lowest BCUT2D eigenvalue weighted by molar-refractivity contribution is -0.385. The van der Waals surface area contributed by atoms with Gasteiger partial charge in [0.2, 0.25) is 5.75 Å². The highest BCUT2D eigenvalue weighted by atomic mass is 79.9. The fourth-order valence-corrected chi connectivity index (χ4v) is 1.97. The number of para-hydroxylation sites is 1. The van der Waals surface area contributed by atoms with Crippen molar-refractivity contribution in [3.63, 3.8) is 0 Å². The zero-order chi connectivity index (χ0) is 14.0. The quantitative estimate of drug-likeness (QED) is 0.584. The molecule has 0 atom stereocenters. The van der Waals surface area contributed by atoms with Crippen LogP contribution in [0.15, 0.2) is 40.9 Å². The number of benzene rings is 2. The molecule has 0 saturated heterocycles. The van der Waals surface area contributed by atoms with Crippen LogP contribution in [0.3, 0.4) is 0 Å². The Kier molecular flexibility index (Phi) is 4.01. The fraction of sp³-hybridized carbons (Fsp3) is 0. The Morgan fingerprint density at radius 3 is 2.68 bits per heavy atom. The molecule has 0 aromatic heterocycles. The van der Waals surface area contributed by atoms with Crippen LogP contribution in [-0.4, -0.2) is 4.92 Å². The molecule has 0 bridgehead atoms. The number of hydrogen-bond acceptors (Lipinski definition) is 3. The van der Waals surface area contributed by atoms with Crippen LogP contribution in [0, 0.1) is 15.9 Å². The van der Waals surface area contributed by atoms with E-state index in [0.29, 0.717) is 0 Å². The maximum Gasteiger partial charge on any atom is 0.313 e. The van der Waals surface area contributed by atoms with Gasteiger partial charge < -0.3 is 4.74 Å². The van der Waals surface area contributed by atoms with E-state index < -0.39 is 10.7 Å². The largest absolute Gasteiger partial charge is 0.448 e. The number of ether oxygens (including phenoxy) is 1. The van der Waals surface area contributed by atoms with E-state index in [4.69, 9.17) is 16.3 Å². The third-order valence-corrected chi connectivity index (χ3v) is 3.16. The van der Waals surface area contributed by atoms with Crippen LogP contribution >= 0.6 is 27.5 Å². The number of nitrogens with zero attached hydrogens (tertiary/aromatic N) is 1. The Bertz CT molecular complexity index is 651. The second-order valence-electron chi connectivity index (χ2n) is 3.52. The van der Waals surface area contributed by atoms with Gasteiger partial charge in [-0.15, -0.1) is 0 Å². The topological polar surface area (TPSA) is 52.4 Å². The molecule has 0 aliphatic carbocycles. The molecule has 7 heteroatoms. The van der Waals surface area contributed by atoms with Crippen LogP contribution in [0.2, 0.25) is 5.02 Å². The smallest absolute Gasteiger partial charge is 0.313 e. The van der Waals surface area contributed by atoms with Crippen molar-refractivity contribution in [2.75, 3.05) is 0 Å². The zero-order valence-electron chi connectivity index (χ0n) is 9.27. The Hall–Kier alpha value is -1.66. The number of halogens is 3. The van der Waals surface area contributed by atoms with E-state index in [2.05, 4.69) is 15.9 Å². The van der Waals surface area contributed by atoms with E-state index in [0.717, 1.165) is 0 Å². The first-order valence-corrected chi connectivity index (χ1v) is 6.22. The molecule has 0 spiro atoms. The second kappa shape index (κ2) is 5.54. The molecule has 0 saturated carbocycles. The van der Waals surface area contributed by atoms with Gasteiger partial charge in [0.25, 0.3) is 0 Å². The van der Waals surface area contributed by atoms with Gasteiger partial charge in [-0.1, -0.05) is 17.7 Å². The normalized spacial score (nSPS) is 10.3. The van der Waals surface area contributed by atoms with E-state index in [1.165, 1.54) is 36.4 Å². The molecule has 4 nitrogen and oxygen atoms in total. The molecule has 2 aromatic carbocycles. The lowest BCUT2D eigenvalue weighted by Gasteiger charge is -2.08. The minimum absolute atomic E-state index is 0.0762. The summed E-state index contributed by atoms with van der Waals surface area (Å²) < 4.78 is 18.6. The van der Waals surface area contributed by atoms with E-state index in [1.807, 2.05) is 0 Å². The van der Waals surface area contributed by atoms with Crippen LogP contribution < -0.4 is 4.74 Å². The van der Waals surface area contributed by atoms with Gasteiger partial charge in [-0.25, -0.2) is 4.39 Å². The van der Waals surface area contributed by atoms with Crippen LogP contribution in [-0.2, 0) is 0 Å². The molecule has 0 N–H and O–H groups in total. The highest BCUT2D eigenvalue weighted by molar-refractivity contribution is 9.10. The molecule has 0 unspecified atom stereocenters. The maximum absolute atomic E-state index is 13.1. The molecule has 0 amide bonds. The molecular weight excluding hydrogens is 340 g/mol. The van der Waals surface area contributed by atoms with Crippen molar-refractivity contribution in [3.05, 3.63) is 61.8 Å². The molecule has 19 heavy (non-hydrogen) atoms. The molecule has 0 fully saturated rings. The van der Waals surface area contributed by atoms with Crippen LogP contribution in [0.5, 0.6) is 11.5 Å². The number of rotatable bonds is 3. The molecule has 0 radical (unpaired) electrons. The third-order valence-electron chi connectivity index (χ3n) is 2.25. The Morgan fingerprint density at radius 2 is 2.05 bits per heavy atom. The van der Waals surface area contributed by atoms with Gasteiger partial charge in [0.05, 0.1) is 14.4 Å². The Balaban J connectivity index is 2.42. The SMILES string of the molecule is O=[N+]([O-])c1cccc(Cl)c1Oc1ccc(F)c(Br)c1. The summed E-state index contributed by atoms with van der Waals surface area (Å²) >= 11 is 8.88. The lowest BCUT2D eigenvalue weighted by Crippen LogP contribution is -1.94. The molecule has 0 aliphatic rings. The highest BCUT2D eigenvalue weighted by Gasteiger charge is 2.19. The summed E-state index contributed by atoms with van der Waals surface area (Å²) in [6.07, 6.45) is 0. The zero-order valence-corrected chi connectivity index (χ0v) is 11.6. The van der Waals surface area contributed by atoms with Crippen molar-refractivity contribution in [1.82, 2.24) is 0 Å². The molecule has 98 valence electrons. The summed E-state index contributed by atoms with van der Waals surface area (Å²) in [7, 11) is 0. The van der Waals surface area contributed by atoms with Gasteiger partial charge in [-0.3, -0.25) is 10.1 Å². The average Bonchev–Trinajstić information content (AvgIpc) is 2.36. The van der Waals surface area contributed by atoms with Gasteiger partial charge in [-0.05, 0) is 40.2 Å². The first kappa shape index (κ1) is 13.8. The van der Waals surface area contributed by atoms with Crippen LogP contribution in [0.25, 0.3) is 0 Å². The predicted molar refractivity (Wildman–Crippen MR) is 72.3 cm³/mol. The van der Waals surface area contributed by atoms with Crippen LogP contribution in [0.1, 0.15) is 0 Å². The molecule has 0 heterocycles. The van der Waals surface area contributed by atoms with Gasteiger partial charge in [0, 0.05) is 6.07 Å². The van der Waals surface area contributed by atoms with Crippen molar-refractivity contribution >= 4 is 33.2 Å². The van der Waals surface area contributed by atoms with E-state index in [-0.39, 0.29) is 26.7 Å². The van der Waals surface area contributed by atoms with E-state index in [1.54, 1.807) is 0 Å². The van der Waals surface area contributed by atoms with Crippen molar-refractivity contribution in [2.45, 2.75) is 0 Å². The standard InChI is InChI=1S/C12H6BrClFNO3/c13-8-6-7(4-5-10(8)15)19-12-9(14)2-1-3-11(12)16(17)18/h1-6H. The summed E-state index contributed by atoms with van der Waals surface area (Å²) in [5, 5.41) is 11.0. The summed E-state index contributed by atoms with van der Waals surface area (Å²) in [6.45, 7) is 0. The minimum atomic E-state index is -0.597. The van der Waals surface area contributed by atoms with Gasteiger partial charge in [0.1, 0.15) is 11.6 Å². The fourth-order valence-electron chi connectivity index (χ4n) is 1.40. The number of nitro groups is 1. The minimum Gasteiger partial charge on any atom is -0.448 e. The van der Waals surface area contributed by atoms with Crippen LogP contribution in [0.4, 0.5) is 10.1 Å². The van der Waals surface area contributed by atoms with E-state index in [9.17, 15) is 14.5 Å². The van der Waals surface area contributed by atoms with Gasteiger partial charge >= 0.3 is 5.69 Å². The average molecular weight is 347 g/mol. The highest BCUT2D eigenvalue weighted by Crippen LogP contribution is 2.38. The van der Waals surface area contributed by atoms with Crippen molar-refractivity contribution < 1.29 is 14.1 Å². The first-order valence-electron chi connectivity index (χ1n) is 5.05. The lowest BCUT2D eigenvalue weighted by atomic mass is 10.3. The first-order chi connectivity index (χ1) is 8.99. The molecule has 2 aromatic rings. The molecule has 2 rings (SSSR count). The third kappa shape index (κ3) is 3.02. The van der Waals surface area contributed by atoms with Crippen molar-refractivity contribution in [3.8, 4) is 11.5 Å². The summed E-state index contributed by atoms with van der Waals surface area (Å²) in [5.41, 5.74) is -0.257. The predicted octanol–water partition coefficient (Wildman–Crippen LogP) is 4.94. The van der Waals surface area contributed by atoms with Crippen molar-refractivity contribution in [2.24, 2.45) is 0 Å². The van der Waals surface area contributed by atoms with Crippen molar-refractivity contribution in [1.29, 1.82) is 0 Å².